The number of nitro groups is 1. The van der Waals surface area contributed by atoms with Crippen LogP contribution in [0.1, 0.15) is 102 Å². The van der Waals surface area contributed by atoms with Gasteiger partial charge in [0.2, 0.25) is 0 Å². The number of phosphoric ester groups is 1. The first-order chi connectivity index (χ1) is 17.2. The maximum absolute atomic E-state index is 12.0. The number of phosphoric acid groups is 1. The third kappa shape index (κ3) is 17.2. The fourth-order valence-electron chi connectivity index (χ4n) is 4.21. The Morgan fingerprint density at radius 2 is 1.22 bits per heavy atom. The molecule has 0 radical (unpaired) electrons. The number of quaternary nitrogens is 1. The molecule has 9 heteroatoms. The molecule has 1 rings (SSSR count). The van der Waals surface area contributed by atoms with Crippen molar-refractivity contribution in [1.29, 1.82) is 0 Å². The second kappa shape index (κ2) is 18.9. The molecule has 0 heterocycles. The third-order valence-electron chi connectivity index (χ3n) is 6.45. The number of nitro benzene ring substituents is 1. The molecule has 0 aromatic heterocycles. The molecule has 0 aliphatic carbocycles. The molecule has 8 nitrogen and oxygen atoms in total. The Bertz CT molecular complexity index is 757. The summed E-state index contributed by atoms with van der Waals surface area (Å²) in [6, 6.07) is 6.39. The fraction of sp³-hybridized carbons (Fsp3) is 0.778. The van der Waals surface area contributed by atoms with Crippen LogP contribution in [0, 0.1) is 10.1 Å². The van der Waals surface area contributed by atoms with Crippen molar-refractivity contribution in [3.63, 3.8) is 0 Å². The second-order valence-corrected chi connectivity index (χ2v) is 11.9. The van der Waals surface area contributed by atoms with E-state index in [1.54, 1.807) is 12.1 Å². The van der Waals surface area contributed by atoms with Gasteiger partial charge < -0.3 is 18.4 Å². The summed E-state index contributed by atoms with van der Waals surface area (Å²) in [5.41, 5.74) is 0.987. The molecule has 1 aromatic rings. The molecule has 0 aliphatic heterocycles. The van der Waals surface area contributed by atoms with Crippen LogP contribution in [0.4, 0.5) is 5.69 Å². The van der Waals surface area contributed by atoms with Crippen LogP contribution in [-0.4, -0.2) is 43.3 Å². The van der Waals surface area contributed by atoms with Gasteiger partial charge in [-0.1, -0.05) is 90.4 Å². The van der Waals surface area contributed by atoms with Crippen molar-refractivity contribution in [2.45, 2.75) is 103 Å². The summed E-state index contributed by atoms with van der Waals surface area (Å²) in [5.74, 6) is 0. The van der Waals surface area contributed by atoms with Gasteiger partial charge in [0.15, 0.2) is 0 Å². The highest BCUT2D eigenvalue weighted by molar-refractivity contribution is 7.45. The largest absolute Gasteiger partial charge is 0.756 e. The van der Waals surface area contributed by atoms with Crippen molar-refractivity contribution in [2.24, 2.45) is 0 Å². The Hall–Kier alpha value is -1.31. The molecule has 208 valence electrons. The third-order valence-corrected chi connectivity index (χ3v) is 7.45. The Kier molecular flexibility index (Phi) is 17.1. The molecule has 0 N–H and O–H groups in total. The van der Waals surface area contributed by atoms with Gasteiger partial charge in [0.05, 0.1) is 25.6 Å². The highest BCUT2D eigenvalue weighted by atomic mass is 31.2. The molecule has 0 saturated carbocycles. The van der Waals surface area contributed by atoms with Crippen molar-refractivity contribution >= 4 is 13.5 Å². The molecule has 0 bridgehead atoms. The van der Waals surface area contributed by atoms with Crippen LogP contribution in [0.5, 0.6) is 0 Å². The van der Waals surface area contributed by atoms with E-state index in [-0.39, 0.29) is 18.9 Å². The maximum atomic E-state index is 12.0. The number of nitrogens with zero attached hydrogens (tertiary/aromatic N) is 2. The van der Waals surface area contributed by atoms with Crippen LogP contribution in [0.15, 0.2) is 24.3 Å². The Morgan fingerprint density at radius 1 is 0.778 bits per heavy atom. The fourth-order valence-corrected chi connectivity index (χ4v) is 4.94. The molecule has 0 spiro atoms. The van der Waals surface area contributed by atoms with Gasteiger partial charge in [-0.05, 0) is 18.6 Å². The van der Waals surface area contributed by atoms with Gasteiger partial charge in [0, 0.05) is 17.7 Å². The SMILES string of the molecule is CCCCCCCCCCCCCCCCOP(=O)([O-])OCC[N+](C)(C)Cc1ccc([N+](=O)[O-])cc1. The van der Waals surface area contributed by atoms with Crippen molar-refractivity contribution in [3.05, 3.63) is 39.9 Å². The lowest BCUT2D eigenvalue weighted by atomic mass is 10.0. The van der Waals surface area contributed by atoms with E-state index in [4.69, 9.17) is 9.05 Å². The Labute approximate surface area is 218 Å². The standard InChI is InChI=1S/C27H49N2O6P/c1-4-5-6-7-8-9-10-11-12-13-14-15-16-17-23-34-36(32,33)35-24-22-29(2,3)25-26-18-20-27(21-19-26)28(30)31/h18-21H,4-17,22-25H2,1-3H3. The second-order valence-electron chi connectivity index (χ2n) is 10.5. The normalized spacial score (nSPS) is 13.6. The molecule has 0 aliphatic rings. The average molecular weight is 529 g/mol. The number of hydrogen-bond acceptors (Lipinski definition) is 6. The van der Waals surface area contributed by atoms with E-state index in [1.165, 1.54) is 82.8 Å². The monoisotopic (exact) mass is 528 g/mol. The van der Waals surface area contributed by atoms with Gasteiger partial charge in [-0.25, -0.2) is 0 Å². The van der Waals surface area contributed by atoms with Crippen LogP contribution in [0.3, 0.4) is 0 Å². The summed E-state index contributed by atoms with van der Waals surface area (Å²) >= 11 is 0. The van der Waals surface area contributed by atoms with Gasteiger partial charge in [-0.15, -0.1) is 0 Å². The number of hydrogen-bond donors (Lipinski definition) is 0. The molecule has 0 saturated heterocycles. The molecule has 36 heavy (non-hydrogen) atoms. The van der Waals surface area contributed by atoms with E-state index in [1.807, 2.05) is 14.1 Å². The predicted octanol–water partition coefficient (Wildman–Crippen LogP) is 7.15. The lowest BCUT2D eigenvalue weighted by Crippen LogP contribution is -2.41. The molecule has 1 unspecified atom stereocenters. The van der Waals surface area contributed by atoms with Gasteiger partial charge in [-0.3, -0.25) is 14.7 Å². The summed E-state index contributed by atoms with van der Waals surface area (Å²) in [6.07, 6.45) is 17.4. The van der Waals surface area contributed by atoms with E-state index in [0.717, 1.165) is 24.8 Å². The smallest absolute Gasteiger partial charge is 0.269 e. The van der Waals surface area contributed by atoms with Gasteiger partial charge in [0.1, 0.15) is 19.7 Å². The van der Waals surface area contributed by atoms with Crippen LogP contribution in [0.25, 0.3) is 0 Å². The summed E-state index contributed by atoms with van der Waals surface area (Å²) in [4.78, 5) is 22.4. The summed E-state index contributed by atoms with van der Waals surface area (Å²) in [5, 5.41) is 10.8. The Morgan fingerprint density at radius 3 is 1.69 bits per heavy atom. The molecular weight excluding hydrogens is 479 g/mol. The van der Waals surface area contributed by atoms with E-state index < -0.39 is 12.7 Å². The zero-order valence-electron chi connectivity index (χ0n) is 22.8. The van der Waals surface area contributed by atoms with Crippen molar-refractivity contribution < 1.29 is 27.9 Å². The minimum Gasteiger partial charge on any atom is -0.756 e. The van der Waals surface area contributed by atoms with Crippen molar-refractivity contribution in [3.8, 4) is 0 Å². The van der Waals surface area contributed by atoms with E-state index >= 15 is 0 Å². The first-order valence-electron chi connectivity index (χ1n) is 13.8. The van der Waals surface area contributed by atoms with E-state index in [2.05, 4.69) is 6.92 Å². The van der Waals surface area contributed by atoms with Crippen molar-refractivity contribution in [1.82, 2.24) is 0 Å². The van der Waals surface area contributed by atoms with E-state index in [9.17, 15) is 19.6 Å². The zero-order valence-corrected chi connectivity index (χ0v) is 23.7. The van der Waals surface area contributed by atoms with Crippen LogP contribution in [0.2, 0.25) is 0 Å². The highest BCUT2D eigenvalue weighted by Gasteiger charge is 2.19. The van der Waals surface area contributed by atoms with Crippen LogP contribution >= 0.6 is 7.82 Å². The number of unbranched alkanes of at least 4 members (excludes halogenated alkanes) is 13. The molecule has 1 atom stereocenters. The maximum Gasteiger partial charge on any atom is 0.269 e. The van der Waals surface area contributed by atoms with Crippen molar-refractivity contribution in [2.75, 3.05) is 33.9 Å². The number of rotatable bonds is 23. The van der Waals surface area contributed by atoms with Gasteiger partial charge in [-0.2, -0.15) is 0 Å². The summed E-state index contributed by atoms with van der Waals surface area (Å²) in [7, 11) is -0.391. The molecule has 0 amide bonds. The predicted molar refractivity (Wildman–Crippen MR) is 144 cm³/mol. The minimum atomic E-state index is -4.30. The molecular formula is C27H49N2O6P. The number of benzene rings is 1. The molecule has 0 fully saturated rings. The Balaban J connectivity index is 2.03. The first-order valence-corrected chi connectivity index (χ1v) is 15.3. The lowest BCUT2D eigenvalue weighted by Gasteiger charge is -2.31. The molecule has 1 aromatic carbocycles. The van der Waals surface area contributed by atoms with Gasteiger partial charge >= 0.3 is 0 Å². The van der Waals surface area contributed by atoms with Gasteiger partial charge in [0.25, 0.3) is 13.5 Å². The topological polar surface area (TPSA) is 102 Å². The number of non-ortho nitro benzene ring substituents is 1. The summed E-state index contributed by atoms with van der Waals surface area (Å²) in [6.45, 7) is 3.51. The minimum absolute atomic E-state index is 0.0273. The van der Waals surface area contributed by atoms with Crippen LogP contribution in [-0.2, 0) is 20.2 Å². The quantitative estimate of drug-likeness (QED) is 0.0491. The van der Waals surface area contributed by atoms with E-state index in [0.29, 0.717) is 17.6 Å². The zero-order chi connectivity index (χ0) is 26.7. The average Bonchev–Trinajstić information content (AvgIpc) is 2.81. The first kappa shape index (κ1) is 32.7. The number of likely N-dealkylation sites (N-methyl/N-ethyl adjacent to an activating group) is 1. The lowest BCUT2D eigenvalue weighted by molar-refractivity contribution is -0.903. The highest BCUT2D eigenvalue weighted by Crippen LogP contribution is 2.38. The van der Waals surface area contributed by atoms with Crippen LogP contribution < -0.4 is 4.89 Å². The summed E-state index contributed by atoms with van der Waals surface area (Å²) < 4.78 is 22.6.